The zero-order valence-electron chi connectivity index (χ0n) is 15.0. The number of thioether (sulfide) groups is 1. The highest BCUT2D eigenvalue weighted by Gasteiger charge is 2.15. The molecule has 25 heavy (non-hydrogen) atoms. The van der Waals surface area contributed by atoms with Crippen molar-refractivity contribution in [3.05, 3.63) is 24.3 Å². The molecule has 8 heteroatoms. The summed E-state index contributed by atoms with van der Waals surface area (Å²) in [5.41, 5.74) is 0.714. The first-order chi connectivity index (χ1) is 11.7. The van der Waals surface area contributed by atoms with Crippen LogP contribution in [0.5, 0.6) is 0 Å². The van der Waals surface area contributed by atoms with Crippen molar-refractivity contribution >= 4 is 41.0 Å². The molecule has 7 nitrogen and oxygen atoms in total. The second kappa shape index (κ2) is 9.93. The van der Waals surface area contributed by atoms with Crippen LogP contribution in [-0.4, -0.2) is 41.6 Å². The van der Waals surface area contributed by atoms with E-state index in [1.807, 2.05) is 0 Å². The quantitative estimate of drug-likeness (QED) is 0.644. The Morgan fingerprint density at radius 2 is 1.76 bits per heavy atom. The third-order valence-electron chi connectivity index (χ3n) is 2.61. The molecule has 0 aromatic heterocycles. The summed E-state index contributed by atoms with van der Waals surface area (Å²) in [7, 11) is 0. The fourth-order valence-electron chi connectivity index (χ4n) is 1.78. The van der Waals surface area contributed by atoms with Gasteiger partial charge in [-0.1, -0.05) is 6.07 Å². The highest BCUT2D eigenvalue weighted by atomic mass is 32.2. The molecule has 0 aliphatic carbocycles. The summed E-state index contributed by atoms with van der Waals surface area (Å²) in [4.78, 5) is 34.4. The maximum absolute atomic E-state index is 11.9. The molecule has 0 aliphatic heterocycles. The van der Waals surface area contributed by atoms with Crippen molar-refractivity contribution < 1.29 is 19.1 Å². The van der Waals surface area contributed by atoms with Gasteiger partial charge in [0, 0.05) is 30.6 Å². The van der Waals surface area contributed by atoms with Crippen LogP contribution >= 0.6 is 11.8 Å². The summed E-state index contributed by atoms with van der Waals surface area (Å²) in [6.07, 6.45) is -0.465. The molecule has 0 heterocycles. The predicted octanol–water partition coefficient (Wildman–Crippen LogP) is 2.84. The zero-order valence-corrected chi connectivity index (χ0v) is 15.8. The predicted molar refractivity (Wildman–Crippen MR) is 101 cm³/mol. The average Bonchev–Trinajstić information content (AvgIpc) is 2.44. The summed E-state index contributed by atoms with van der Waals surface area (Å²) < 4.78 is 5.11. The number of carbonyl (C=O) groups is 3. The minimum absolute atomic E-state index is 0.151. The van der Waals surface area contributed by atoms with Crippen LogP contribution in [0.3, 0.4) is 0 Å². The Kier molecular flexibility index (Phi) is 8.27. The lowest BCUT2D eigenvalue weighted by Gasteiger charge is -2.19. The summed E-state index contributed by atoms with van der Waals surface area (Å²) >= 11 is 1.40. The largest absolute Gasteiger partial charge is 0.444 e. The van der Waals surface area contributed by atoms with Gasteiger partial charge in [-0.25, -0.2) is 4.79 Å². The van der Waals surface area contributed by atoms with Crippen LogP contribution in [0.25, 0.3) is 0 Å². The SMILES string of the molecule is CC(=O)Nc1cccc(NC(=O)CSCCNC(=O)OC(C)(C)C)c1. The van der Waals surface area contributed by atoms with E-state index in [9.17, 15) is 14.4 Å². The van der Waals surface area contributed by atoms with E-state index in [2.05, 4.69) is 16.0 Å². The summed E-state index contributed by atoms with van der Waals surface area (Å²) in [6, 6.07) is 6.93. The third kappa shape index (κ3) is 10.3. The Labute approximate surface area is 152 Å². The molecule has 0 fully saturated rings. The molecule has 0 bridgehead atoms. The molecular formula is C17H25N3O4S. The normalized spacial score (nSPS) is 10.7. The fourth-order valence-corrected chi connectivity index (χ4v) is 2.43. The molecule has 0 saturated heterocycles. The number of nitrogens with one attached hydrogen (secondary N) is 3. The number of hydrogen-bond acceptors (Lipinski definition) is 5. The minimum atomic E-state index is -0.525. The Morgan fingerprint density at radius 3 is 2.36 bits per heavy atom. The van der Waals surface area contributed by atoms with Crippen molar-refractivity contribution in [3.8, 4) is 0 Å². The van der Waals surface area contributed by atoms with E-state index in [-0.39, 0.29) is 17.6 Å². The molecule has 0 radical (unpaired) electrons. The Morgan fingerprint density at radius 1 is 1.12 bits per heavy atom. The number of benzene rings is 1. The maximum atomic E-state index is 11.9. The van der Waals surface area contributed by atoms with Crippen LogP contribution in [0.1, 0.15) is 27.7 Å². The molecule has 0 saturated carbocycles. The maximum Gasteiger partial charge on any atom is 0.407 e. The van der Waals surface area contributed by atoms with Gasteiger partial charge in [-0.15, -0.1) is 0 Å². The molecule has 1 aromatic rings. The summed E-state index contributed by atoms with van der Waals surface area (Å²) in [6.45, 7) is 7.24. The van der Waals surface area contributed by atoms with Crippen molar-refractivity contribution in [2.24, 2.45) is 0 Å². The van der Waals surface area contributed by atoms with E-state index >= 15 is 0 Å². The molecule has 1 rings (SSSR count). The zero-order chi connectivity index (χ0) is 18.9. The van der Waals surface area contributed by atoms with Gasteiger partial charge in [-0.2, -0.15) is 11.8 Å². The topological polar surface area (TPSA) is 96.5 Å². The van der Waals surface area contributed by atoms with Gasteiger partial charge in [0.25, 0.3) is 0 Å². The molecule has 3 amide bonds. The van der Waals surface area contributed by atoms with Crippen molar-refractivity contribution in [3.63, 3.8) is 0 Å². The van der Waals surface area contributed by atoms with Crippen LogP contribution in [0.2, 0.25) is 0 Å². The van der Waals surface area contributed by atoms with E-state index in [1.54, 1.807) is 45.0 Å². The van der Waals surface area contributed by atoms with Crippen molar-refractivity contribution in [2.45, 2.75) is 33.3 Å². The van der Waals surface area contributed by atoms with Gasteiger partial charge in [0.05, 0.1) is 5.75 Å². The lowest BCUT2D eigenvalue weighted by atomic mass is 10.2. The number of ether oxygens (including phenoxy) is 1. The van der Waals surface area contributed by atoms with E-state index in [0.29, 0.717) is 23.7 Å². The number of anilines is 2. The third-order valence-corrected chi connectivity index (χ3v) is 3.57. The molecule has 0 unspecified atom stereocenters. The van der Waals surface area contributed by atoms with E-state index in [0.717, 1.165) is 0 Å². The molecule has 1 aromatic carbocycles. The standard InChI is InChI=1S/C17H25N3O4S/c1-12(21)19-13-6-5-7-14(10-13)20-15(22)11-25-9-8-18-16(23)24-17(2,3)4/h5-7,10H,8-9,11H2,1-4H3,(H,18,23)(H,19,21)(H,20,22). The number of amides is 3. The number of carbonyl (C=O) groups excluding carboxylic acids is 3. The first kappa shape index (κ1) is 20.8. The molecule has 3 N–H and O–H groups in total. The lowest BCUT2D eigenvalue weighted by Crippen LogP contribution is -2.33. The van der Waals surface area contributed by atoms with Gasteiger partial charge in [0.2, 0.25) is 11.8 Å². The van der Waals surface area contributed by atoms with Crippen molar-refractivity contribution in [1.82, 2.24) is 5.32 Å². The van der Waals surface area contributed by atoms with Gasteiger partial charge in [0.1, 0.15) is 5.60 Å². The number of hydrogen-bond donors (Lipinski definition) is 3. The second-order valence-electron chi connectivity index (χ2n) is 6.29. The monoisotopic (exact) mass is 367 g/mol. The Hall–Kier alpha value is -2.22. The van der Waals surface area contributed by atoms with Gasteiger partial charge < -0.3 is 20.7 Å². The van der Waals surface area contributed by atoms with Crippen molar-refractivity contribution in [1.29, 1.82) is 0 Å². The number of alkyl carbamates (subject to hydrolysis) is 1. The van der Waals surface area contributed by atoms with Gasteiger partial charge in [-0.3, -0.25) is 9.59 Å². The Balaban J connectivity index is 2.25. The first-order valence-corrected chi connectivity index (χ1v) is 9.03. The first-order valence-electron chi connectivity index (χ1n) is 7.88. The molecule has 138 valence electrons. The van der Waals surface area contributed by atoms with Crippen LogP contribution < -0.4 is 16.0 Å². The van der Waals surface area contributed by atoms with Crippen molar-refractivity contribution in [2.75, 3.05) is 28.7 Å². The number of rotatable bonds is 7. The smallest absolute Gasteiger partial charge is 0.407 e. The van der Waals surface area contributed by atoms with Gasteiger partial charge in [0.15, 0.2) is 0 Å². The van der Waals surface area contributed by atoms with E-state index in [1.165, 1.54) is 18.7 Å². The molecular weight excluding hydrogens is 342 g/mol. The van der Waals surface area contributed by atoms with Gasteiger partial charge >= 0.3 is 6.09 Å². The minimum Gasteiger partial charge on any atom is -0.444 e. The summed E-state index contributed by atoms with van der Waals surface area (Å²) in [5, 5.41) is 8.06. The molecule has 0 aliphatic rings. The van der Waals surface area contributed by atoms with Gasteiger partial charge in [-0.05, 0) is 39.0 Å². The lowest BCUT2D eigenvalue weighted by molar-refractivity contribution is -0.114. The van der Waals surface area contributed by atoms with E-state index < -0.39 is 11.7 Å². The highest BCUT2D eigenvalue weighted by Crippen LogP contribution is 2.15. The van der Waals surface area contributed by atoms with Crippen LogP contribution in [0.4, 0.5) is 16.2 Å². The molecule has 0 atom stereocenters. The Bertz CT molecular complexity index is 614. The van der Waals surface area contributed by atoms with E-state index in [4.69, 9.17) is 4.74 Å². The van der Waals surface area contributed by atoms with Crippen LogP contribution in [0.15, 0.2) is 24.3 Å². The molecule has 0 spiro atoms. The van der Waals surface area contributed by atoms with Crippen LogP contribution in [0, 0.1) is 0 Å². The summed E-state index contributed by atoms with van der Waals surface area (Å²) in [5.74, 6) is 0.539. The average molecular weight is 367 g/mol. The van der Waals surface area contributed by atoms with Crippen LogP contribution in [-0.2, 0) is 14.3 Å². The highest BCUT2D eigenvalue weighted by molar-refractivity contribution is 7.99. The second-order valence-corrected chi connectivity index (χ2v) is 7.40. The fraction of sp³-hybridized carbons (Fsp3) is 0.471.